The van der Waals surface area contributed by atoms with E-state index < -0.39 is 0 Å². The first-order valence-electron chi connectivity index (χ1n) is 10.1. The Morgan fingerprint density at radius 1 is 1.27 bits per heavy atom. The lowest BCUT2D eigenvalue weighted by Crippen LogP contribution is -2.43. The molecule has 1 aliphatic rings. The molecule has 6 nitrogen and oxygen atoms in total. The number of nitrogens with zero attached hydrogens (tertiary/aromatic N) is 3. The van der Waals surface area contributed by atoms with Gasteiger partial charge in [-0.3, -0.25) is 4.79 Å². The molecule has 0 saturated carbocycles. The van der Waals surface area contributed by atoms with Crippen molar-refractivity contribution in [3.8, 4) is 11.3 Å². The third kappa shape index (κ3) is 4.26. The number of pyridine rings is 1. The van der Waals surface area contributed by atoms with Crippen LogP contribution in [0.3, 0.4) is 0 Å². The Kier molecular flexibility index (Phi) is 5.90. The van der Waals surface area contributed by atoms with E-state index >= 15 is 0 Å². The van der Waals surface area contributed by atoms with Crippen LogP contribution in [0.5, 0.6) is 0 Å². The zero-order chi connectivity index (χ0) is 21.1. The lowest BCUT2D eigenvalue weighted by atomic mass is 10.1. The van der Waals surface area contributed by atoms with Crippen LogP contribution in [-0.4, -0.2) is 40.6 Å². The number of morpholine rings is 1. The Labute approximate surface area is 174 Å². The third-order valence-electron chi connectivity index (χ3n) is 5.27. The monoisotopic (exact) mass is 409 g/mol. The van der Waals surface area contributed by atoms with Gasteiger partial charge >= 0.3 is 0 Å². The summed E-state index contributed by atoms with van der Waals surface area (Å²) in [4.78, 5) is 19.3. The van der Waals surface area contributed by atoms with Crippen molar-refractivity contribution >= 4 is 5.91 Å². The number of hydrogen-bond donors (Lipinski definition) is 0. The van der Waals surface area contributed by atoms with Gasteiger partial charge in [0.1, 0.15) is 17.7 Å². The Hall–Kier alpha value is -3.06. The summed E-state index contributed by atoms with van der Waals surface area (Å²) < 4.78 is 24.7. The molecule has 30 heavy (non-hydrogen) atoms. The molecule has 1 aliphatic heterocycles. The maximum absolute atomic E-state index is 13.4. The van der Waals surface area contributed by atoms with Crippen LogP contribution in [0.1, 0.15) is 35.7 Å². The Morgan fingerprint density at radius 3 is 2.90 bits per heavy atom. The van der Waals surface area contributed by atoms with E-state index in [1.165, 1.54) is 12.1 Å². The predicted molar refractivity (Wildman–Crippen MR) is 109 cm³/mol. The van der Waals surface area contributed by atoms with Gasteiger partial charge in [0.05, 0.1) is 42.2 Å². The third-order valence-corrected chi connectivity index (χ3v) is 5.27. The van der Waals surface area contributed by atoms with Gasteiger partial charge in [0.15, 0.2) is 0 Å². The molecule has 1 saturated heterocycles. The van der Waals surface area contributed by atoms with Gasteiger partial charge in [-0.05, 0) is 36.8 Å². The van der Waals surface area contributed by atoms with Crippen LogP contribution in [0.15, 0.2) is 47.0 Å². The minimum Gasteiger partial charge on any atom is -0.368 e. The number of aromatic nitrogens is 2. The normalized spacial score (nSPS) is 16.6. The van der Waals surface area contributed by atoms with E-state index in [1.807, 2.05) is 32.0 Å². The summed E-state index contributed by atoms with van der Waals surface area (Å²) in [6.07, 6.45) is 0.572. The van der Waals surface area contributed by atoms with Gasteiger partial charge < -0.3 is 14.2 Å². The molecule has 1 aromatic carbocycles. The van der Waals surface area contributed by atoms with Crippen LogP contribution in [-0.2, 0) is 22.4 Å². The molecule has 156 valence electrons. The highest BCUT2D eigenvalue weighted by atomic mass is 19.1. The predicted octanol–water partition coefficient (Wildman–Crippen LogP) is 3.89. The number of amides is 1. The molecule has 1 amide bonds. The molecule has 1 fully saturated rings. The van der Waals surface area contributed by atoms with Crippen molar-refractivity contribution in [3.05, 3.63) is 71.0 Å². The van der Waals surface area contributed by atoms with Gasteiger partial charge in [-0.1, -0.05) is 30.3 Å². The van der Waals surface area contributed by atoms with Gasteiger partial charge in [-0.2, -0.15) is 0 Å². The number of hydrogen-bond acceptors (Lipinski definition) is 5. The fourth-order valence-electron chi connectivity index (χ4n) is 3.74. The second kappa shape index (κ2) is 8.75. The maximum atomic E-state index is 13.4. The molecule has 1 atom stereocenters. The van der Waals surface area contributed by atoms with Gasteiger partial charge in [-0.15, -0.1) is 0 Å². The molecule has 0 spiro atoms. The molecule has 0 radical (unpaired) electrons. The Balaban J connectivity index is 1.51. The number of aryl methyl sites for hydroxylation is 2. The van der Waals surface area contributed by atoms with E-state index in [0.29, 0.717) is 25.3 Å². The highest BCUT2D eigenvalue weighted by Crippen LogP contribution is 2.29. The van der Waals surface area contributed by atoms with Crippen molar-refractivity contribution in [3.63, 3.8) is 0 Å². The SMILES string of the molecule is CCc1onc(C)c1-c1cccc(C2CN(C(=O)Cc3cccc(F)c3)CCO2)n1. The molecule has 7 heteroatoms. The van der Waals surface area contributed by atoms with Gasteiger partial charge in [0.2, 0.25) is 5.91 Å². The molecule has 4 rings (SSSR count). The highest BCUT2D eigenvalue weighted by Gasteiger charge is 2.27. The van der Waals surface area contributed by atoms with Gasteiger partial charge in [0, 0.05) is 13.0 Å². The quantitative estimate of drug-likeness (QED) is 0.640. The van der Waals surface area contributed by atoms with Crippen LogP contribution < -0.4 is 0 Å². The minimum atomic E-state index is -0.336. The maximum Gasteiger partial charge on any atom is 0.227 e. The topological polar surface area (TPSA) is 68.5 Å². The van der Waals surface area contributed by atoms with E-state index in [0.717, 1.165) is 34.8 Å². The number of halogens is 1. The average molecular weight is 409 g/mol. The Bertz CT molecular complexity index is 1050. The summed E-state index contributed by atoms with van der Waals surface area (Å²) in [6, 6.07) is 11.9. The van der Waals surface area contributed by atoms with Crippen LogP contribution in [0.25, 0.3) is 11.3 Å². The van der Waals surface area contributed by atoms with Crippen molar-refractivity contribution in [1.29, 1.82) is 0 Å². The molecule has 1 unspecified atom stereocenters. The molecule has 0 bridgehead atoms. The van der Waals surface area contributed by atoms with Gasteiger partial charge in [0.25, 0.3) is 0 Å². The molecule has 2 aromatic heterocycles. The van der Waals surface area contributed by atoms with Crippen molar-refractivity contribution in [2.45, 2.75) is 32.8 Å². The van der Waals surface area contributed by atoms with Crippen LogP contribution in [0, 0.1) is 12.7 Å². The summed E-state index contributed by atoms with van der Waals surface area (Å²) >= 11 is 0. The van der Waals surface area contributed by atoms with Gasteiger partial charge in [-0.25, -0.2) is 9.37 Å². The molecule has 3 heterocycles. The number of carbonyl (C=O) groups excluding carboxylic acids is 1. The number of ether oxygens (including phenoxy) is 1. The summed E-state index contributed by atoms with van der Waals surface area (Å²) in [6.45, 7) is 5.26. The minimum absolute atomic E-state index is 0.0480. The molecule has 0 aliphatic carbocycles. The number of benzene rings is 1. The largest absolute Gasteiger partial charge is 0.368 e. The van der Waals surface area contributed by atoms with E-state index in [-0.39, 0.29) is 24.2 Å². The van der Waals surface area contributed by atoms with Crippen LogP contribution in [0.4, 0.5) is 4.39 Å². The van der Waals surface area contributed by atoms with Crippen molar-refractivity contribution < 1.29 is 18.4 Å². The Morgan fingerprint density at radius 2 is 2.10 bits per heavy atom. The van der Waals surface area contributed by atoms with Crippen molar-refractivity contribution in [2.24, 2.45) is 0 Å². The van der Waals surface area contributed by atoms with Crippen LogP contribution in [0.2, 0.25) is 0 Å². The first-order valence-corrected chi connectivity index (χ1v) is 10.1. The first-order chi connectivity index (χ1) is 14.5. The molecule has 3 aromatic rings. The smallest absolute Gasteiger partial charge is 0.227 e. The summed E-state index contributed by atoms with van der Waals surface area (Å²) in [5.74, 6) is 0.415. The van der Waals surface area contributed by atoms with E-state index in [2.05, 4.69) is 5.16 Å². The summed E-state index contributed by atoms with van der Waals surface area (Å²) in [5.41, 5.74) is 3.92. The standard InChI is InChI=1S/C23H24FN3O3/c1-3-20-23(15(2)26-30-20)19-9-5-8-18(25-19)21-14-27(10-11-29-21)22(28)13-16-6-4-7-17(24)12-16/h4-9,12,21H,3,10-11,13-14H2,1-2H3. The fourth-order valence-corrected chi connectivity index (χ4v) is 3.74. The zero-order valence-corrected chi connectivity index (χ0v) is 17.1. The van der Waals surface area contributed by atoms with E-state index in [4.69, 9.17) is 14.2 Å². The van der Waals surface area contributed by atoms with Crippen molar-refractivity contribution in [1.82, 2.24) is 15.0 Å². The zero-order valence-electron chi connectivity index (χ0n) is 17.1. The average Bonchev–Trinajstić information content (AvgIpc) is 3.14. The second-order valence-corrected chi connectivity index (χ2v) is 7.37. The fraction of sp³-hybridized carbons (Fsp3) is 0.348. The summed E-state index contributed by atoms with van der Waals surface area (Å²) in [5, 5.41) is 4.06. The molecular weight excluding hydrogens is 385 g/mol. The number of carbonyl (C=O) groups is 1. The number of rotatable bonds is 5. The molecular formula is C23H24FN3O3. The first kappa shape index (κ1) is 20.2. The lowest BCUT2D eigenvalue weighted by Gasteiger charge is -2.33. The molecule has 0 N–H and O–H groups in total. The lowest BCUT2D eigenvalue weighted by molar-refractivity contribution is -0.138. The van der Waals surface area contributed by atoms with E-state index in [9.17, 15) is 9.18 Å². The van der Waals surface area contributed by atoms with Crippen molar-refractivity contribution in [2.75, 3.05) is 19.7 Å². The highest BCUT2D eigenvalue weighted by molar-refractivity contribution is 5.79. The second-order valence-electron chi connectivity index (χ2n) is 7.37. The van der Waals surface area contributed by atoms with Crippen LogP contribution >= 0.6 is 0 Å². The summed E-state index contributed by atoms with van der Waals surface area (Å²) in [7, 11) is 0. The van der Waals surface area contributed by atoms with E-state index in [1.54, 1.807) is 17.0 Å².